The number of hydrogen-bond acceptors (Lipinski definition) is 3. The minimum atomic E-state index is -4.54. The van der Waals surface area contributed by atoms with Crippen LogP contribution in [-0.4, -0.2) is 65.7 Å². The fourth-order valence-corrected chi connectivity index (χ4v) is 1.20. The van der Waals surface area contributed by atoms with E-state index >= 15 is 0 Å². The number of carbonyl (C=O) groups excluding carboxylic acids is 1. The molecule has 1 amide bonds. The molecule has 0 aliphatic carbocycles. The molecular formula is C10H17F3N2O3. The fourth-order valence-electron chi connectivity index (χ4n) is 1.20. The second-order valence-corrected chi connectivity index (χ2v) is 4.25. The van der Waals surface area contributed by atoms with Gasteiger partial charge in [-0.2, -0.15) is 13.2 Å². The third-order valence-corrected chi connectivity index (χ3v) is 2.29. The van der Waals surface area contributed by atoms with Crippen LogP contribution in [0.2, 0.25) is 0 Å². The first-order valence-electron chi connectivity index (χ1n) is 5.29. The van der Waals surface area contributed by atoms with E-state index in [0.29, 0.717) is 4.90 Å². The van der Waals surface area contributed by atoms with Crippen molar-refractivity contribution < 1.29 is 27.9 Å². The van der Waals surface area contributed by atoms with Gasteiger partial charge in [0.1, 0.15) is 0 Å². The smallest absolute Gasteiger partial charge is 0.401 e. The highest BCUT2D eigenvalue weighted by Crippen LogP contribution is 2.16. The maximum atomic E-state index is 12.2. The normalized spacial score (nSPS) is 12.0. The summed E-state index contributed by atoms with van der Waals surface area (Å²) in [6.45, 7) is 0.612. The van der Waals surface area contributed by atoms with Gasteiger partial charge in [-0.05, 0) is 13.8 Å². The molecule has 0 saturated heterocycles. The van der Waals surface area contributed by atoms with Gasteiger partial charge in [-0.3, -0.25) is 14.5 Å². The van der Waals surface area contributed by atoms with Crippen LogP contribution in [0.5, 0.6) is 0 Å². The van der Waals surface area contributed by atoms with Gasteiger partial charge < -0.3 is 10.0 Å². The molecule has 8 heteroatoms. The molecule has 0 saturated carbocycles. The second-order valence-electron chi connectivity index (χ2n) is 4.25. The van der Waals surface area contributed by atoms with E-state index in [1.807, 2.05) is 0 Å². The van der Waals surface area contributed by atoms with Crippen LogP contribution in [0.15, 0.2) is 0 Å². The largest absolute Gasteiger partial charge is 0.480 e. The number of nitrogens with zero attached hydrogens (tertiary/aromatic N) is 2. The number of carboxylic acid groups (broad SMARTS) is 1. The van der Waals surface area contributed by atoms with Crippen LogP contribution in [-0.2, 0) is 9.59 Å². The molecule has 0 unspecified atom stereocenters. The molecule has 0 aliphatic rings. The molecule has 0 spiro atoms. The van der Waals surface area contributed by atoms with E-state index in [4.69, 9.17) is 5.11 Å². The van der Waals surface area contributed by atoms with Crippen LogP contribution >= 0.6 is 0 Å². The van der Waals surface area contributed by atoms with E-state index in [2.05, 4.69) is 0 Å². The van der Waals surface area contributed by atoms with Crippen LogP contribution in [0.3, 0.4) is 0 Å². The number of amides is 1. The molecule has 0 aromatic carbocycles. The Morgan fingerprint density at radius 3 is 2.06 bits per heavy atom. The van der Waals surface area contributed by atoms with Crippen molar-refractivity contribution in [3.8, 4) is 0 Å². The first kappa shape index (κ1) is 16.7. The zero-order chi connectivity index (χ0) is 14.5. The molecule has 0 radical (unpaired) electrons. The summed E-state index contributed by atoms with van der Waals surface area (Å²) < 4.78 is 36.6. The molecule has 0 heterocycles. The van der Waals surface area contributed by atoms with Crippen LogP contribution in [0.1, 0.15) is 13.8 Å². The van der Waals surface area contributed by atoms with Crippen molar-refractivity contribution in [2.45, 2.75) is 26.1 Å². The summed E-state index contributed by atoms with van der Waals surface area (Å²) in [5, 5.41) is 8.51. The predicted molar refractivity (Wildman–Crippen MR) is 58.0 cm³/mol. The van der Waals surface area contributed by atoms with E-state index in [0.717, 1.165) is 0 Å². The number of aliphatic carboxylic acids is 1. The third-order valence-electron chi connectivity index (χ3n) is 2.29. The Balaban J connectivity index is 4.59. The first-order chi connectivity index (χ1) is 8.03. The molecule has 0 bridgehead atoms. The van der Waals surface area contributed by atoms with Crippen molar-refractivity contribution in [1.82, 2.24) is 9.80 Å². The number of rotatable bonds is 6. The van der Waals surface area contributed by atoms with Crippen molar-refractivity contribution in [3.63, 3.8) is 0 Å². The highest BCUT2D eigenvalue weighted by molar-refractivity contribution is 5.79. The standard InChI is InChI=1S/C10H17F3N2O3/c1-7(2)14(3)8(16)4-15(5-9(17)18)6-10(11,12)13/h7H,4-6H2,1-3H3,(H,17,18). The van der Waals surface area contributed by atoms with E-state index < -0.39 is 37.7 Å². The van der Waals surface area contributed by atoms with Gasteiger partial charge in [0.25, 0.3) is 0 Å². The van der Waals surface area contributed by atoms with Gasteiger partial charge in [0.2, 0.25) is 5.91 Å². The van der Waals surface area contributed by atoms with Gasteiger partial charge in [0, 0.05) is 13.1 Å². The number of hydrogen-bond donors (Lipinski definition) is 1. The minimum Gasteiger partial charge on any atom is -0.480 e. The molecule has 0 aromatic heterocycles. The monoisotopic (exact) mass is 270 g/mol. The van der Waals surface area contributed by atoms with E-state index in [9.17, 15) is 22.8 Å². The summed E-state index contributed by atoms with van der Waals surface area (Å²) in [7, 11) is 1.46. The van der Waals surface area contributed by atoms with E-state index in [1.165, 1.54) is 11.9 Å². The van der Waals surface area contributed by atoms with Gasteiger partial charge in [0.05, 0.1) is 19.6 Å². The maximum Gasteiger partial charge on any atom is 0.401 e. The first-order valence-corrected chi connectivity index (χ1v) is 5.29. The number of carboxylic acids is 1. The molecule has 18 heavy (non-hydrogen) atoms. The van der Waals surface area contributed by atoms with Crippen molar-refractivity contribution >= 4 is 11.9 Å². The summed E-state index contributed by atoms with van der Waals surface area (Å²) in [6, 6.07) is -0.157. The molecule has 0 rings (SSSR count). The quantitative estimate of drug-likeness (QED) is 0.775. The average molecular weight is 270 g/mol. The Kier molecular flexibility index (Phi) is 6.10. The Labute approximate surface area is 103 Å². The number of carbonyl (C=O) groups is 2. The van der Waals surface area contributed by atoms with Crippen LogP contribution in [0, 0.1) is 0 Å². The highest BCUT2D eigenvalue weighted by atomic mass is 19.4. The maximum absolute atomic E-state index is 12.2. The Morgan fingerprint density at radius 1 is 1.22 bits per heavy atom. The topological polar surface area (TPSA) is 60.9 Å². The van der Waals surface area contributed by atoms with Crippen LogP contribution < -0.4 is 0 Å². The Morgan fingerprint density at radius 2 is 1.72 bits per heavy atom. The van der Waals surface area contributed by atoms with Crippen molar-refractivity contribution in [2.24, 2.45) is 0 Å². The van der Waals surface area contributed by atoms with Crippen molar-refractivity contribution in [1.29, 1.82) is 0 Å². The molecular weight excluding hydrogens is 253 g/mol. The second kappa shape index (κ2) is 6.58. The molecule has 0 aliphatic heterocycles. The fraction of sp³-hybridized carbons (Fsp3) is 0.800. The lowest BCUT2D eigenvalue weighted by atomic mass is 10.3. The minimum absolute atomic E-state index is 0.157. The summed E-state index contributed by atoms with van der Waals surface area (Å²) in [5.74, 6) is -1.95. The Bertz CT molecular complexity index is 305. The summed E-state index contributed by atoms with van der Waals surface area (Å²) >= 11 is 0. The van der Waals surface area contributed by atoms with Gasteiger partial charge in [-0.25, -0.2) is 0 Å². The summed E-state index contributed by atoms with van der Waals surface area (Å²) in [5.41, 5.74) is 0. The SMILES string of the molecule is CC(C)N(C)C(=O)CN(CC(=O)O)CC(F)(F)F. The lowest BCUT2D eigenvalue weighted by Crippen LogP contribution is -2.46. The number of likely N-dealkylation sites (N-methyl/N-ethyl adjacent to an activating group) is 1. The van der Waals surface area contributed by atoms with Gasteiger partial charge in [-0.15, -0.1) is 0 Å². The number of alkyl halides is 3. The Hall–Kier alpha value is -1.31. The van der Waals surface area contributed by atoms with Crippen LogP contribution in [0.4, 0.5) is 13.2 Å². The molecule has 106 valence electrons. The zero-order valence-corrected chi connectivity index (χ0v) is 10.5. The van der Waals surface area contributed by atoms with Crippen molar-refractivity contribution in [2.75, 3.05) is 26.7 Å². The van der Waals surface area contributed by atoms with Gasteiger partial charge in [-0.1, -0.05) is 0 Å². The molecule has 1 N–H and O–H groups in total. The predicted octanol–water partition coefficient (Wildman–Crippen LogP) is 0.802. The third kappa shape index (κ3) is 7.10. The summed E-state index contributed by atoms with van der Waals surface area (Å²) in [6.07, 6.45) is -4.54. The van der Waals surface area contributed by atoms with E-state index in [1.54, 1.807) is 13.8 Å². The lowest BCUT2D eigenvalue weighted by molar-refractivity contribution is -0.157. The highest BCUT2D eigenvalue weighted by Gasteiger charge is 2.32. The van der Waals surface area contributed by atoms with E-state index in [-0.39, 0.29) is 6.04 Å². The molecule has 0 aromatic rings. The molecule has 0 fully saturated rings. The summed E-state index contributed by atoms with van der Waals surface area (Å²) in [4.78, 5) is 23.9. The van der Waals surface area contributed by atoms with Gasteiger partial charge in [0.15, 0.2) is 0 Å². The average Bonchev–Trinajstić information content (AvgIpc) is 2.11. The molecule has 5 nitrogen and oxygen atoms in total. The van der Waals surface area contributed by atoms with Crippen molar-refractivity contribution in [3.05, 3.63) is 0 Å². The zero-order valence-electron chi connectivity index (χ0n) is 10.5. The number of halogens is 3. The van der Waals surface area contributed by atoms with Crippen LogP contribution in [0.25, 0.3) is 0 Å². The van der Waals surface area contributed by atoms with Gasteiger partial charge >= 0.3 is 12.1 Å². The molecule has 0 atom stereocenters. The lowest BCUT2D eigenvalue weighted by Gasteiger charge is -2.26.